The largest absolute Gasteiger partial charge is 0.502 e. The first-order chi connectivity index (χ1) is 11.5. The second kappa shape index (κ2) is 7.56. The van der Waals surface area contributed by atoms with Gasteiger partial charge in [0.15, 0.2) is 5.75 Å². The van der Waals surface area contributed by atoms with Gasteiger partial charge in [-0.3, -0.25) is 14.9 Å². The summed E-state index contributed by atoms with van der Waals surface area (Å²) in [5.74, 6) is -1.07. The van der Waals surface area contributed by atoms with Crippen molar-refractivity contribution in [3.8, 4) is 11.8 Å². The summed E-state index contributed by atoms with van der Waals surface area (Å²) < 4.78 is 0. The highest BCUT2D eigenvalue weighted by Crippen LogP contribution is 2.27. The summed E-state index contributed by atoms with van der Waals surface area (Å²) in [6.07, 6.45) is 1.23. The maximum absolute atomic E-state index is 12.1. The number of rotatable bonds is 5. The van der Waals surface area contributed by atoms with Crippen LogP contribution in [-0.2, 0) is 11.3 Å². The van der Waals surface area contributed by atoms with Crippen LogP contribution in [0.1, 0.15) is 11.1 Å². The van der Waals surface area contributed by atoms with Crippen LogP contribution in [0.4, 0.5) is 5.69 Å². The van der Waals surface area contributed by atoms with Crippen LogP contribution in [0.3, 0.4) is 0 Å². The van der Waals surface area contributed by atoms with Gasteiger partial charge in [0.1, 0.15) is 11.6 Å². The van der Waals surface area contributed by atoms with Crippen molar-refractivity contribution in [3.63, 3.8) is 0 Å². The van der Waals surface area contributed by atoms with Gasteiger partial charge in [0.25, 0.3) is 5.91 Å². The zero-order valence-electron chi connectivity index (χ0n) is 12.5. The van der Waals surface area contributed by atoms with Gasteiger partial charge >= 0.3 is 5.69 Å². The number of nitro benzene ring substituents is 1. The highest BCUT2D eigenvalue weighted by Gasteiger charge is 2.14. The van der Waals surface area contributed by atoms with Gasteiger partial charge < -0.3 is 10.4 Å². The Labute approximate surface area is 137 Å². The Morgan fingerprint density at radius 2 is 2.00 bits per heavy atom. The monoisotopic (exact) mass is 323 g/mol. The SMILES string of the molecule is N#C/C(=C\c1ccc(O)c([N+](=O)[O-])c1)C(=O)NCc1ccccc1. The predicted octanol–water partition coefficient (Wildman–Crippen LogP) is 2.52. The van der Waals surface area contributed by atoms with Gasteiger partial charge in [0.2, 0.25) is 0 Å². The number of nitrogens with one attached hydrogen (secondary N) is 1. The van der Waals surface area contributed by atoms with Crippen LogP contribution in [-0.4, -0.2) is 15.9 Å². The van der Waals surface area contributed by atoms with E-state index in [0.717, 1.165) is 17.7 Å². The Bertz CT molecular complexity index is 839. The highest BCUT2D eigenvalue weighted by atomic mass is 16.6. The number of carbonyl (C=O) groups is 1. The normalized spacial score (nSPS) is 10.7. The van der Waals surface area contributed by atoms with E-state index in [4.69, 9.17) is 5.26 Å². The van der Waals surface area contributed by atoms with E-state index < -0.39 is 22.3 Å². The van der Waals surface area contributed by atoms with Gasteiger partial charge in [-0.2, -0.15) is 5.26 Å². The Morgan fingerprint density at radius 3 is 2.62 bits per heavy atom. The van der Waals surface area contributed by atoms with E-state index in [9.17, 15) is 20.0 Å². The molecule has 0 aliphatic carbocycles. The number of nitrogens with zero attached hydrogens (tertiary/aromatic N) is 2. The fourth-order valence-corrected chi connectivity index (χ4v) is 1.97. The molecule has 2 aromatic carbocycles. The molecule has 0 aromatic heterocycles. The second-order valence-corrected chi connectivity index (χ2v) is 4.84. The molecule has 7 heteroatoms. The van der Waals surface area contributed by atoms with E-state index in [2.05, 4.69) is 5.32 Å². The lowest BCUT2D eigenvalue weighted by atomic mass is 10.1. The molecule has 0 spiro atoms. The fraction of sp³-hybridized carbons (Fsp3) is 0.0588. The molecule has 0 aliphatic heterocycles. The van der Waals surface area contributed by atoms with Crippen molar-refractivity contribution in [2.75, 3.05) is 0 Å². The number of phenols is 1. The van der Waals surface area contributed by atoms with Crippen LogP contribution < -0.4 is 5.32 Å². The molecule has 120 valence electrons. The molecule has 7 nitrogen and oxygen atoms in total. The first-order valence-corrected chi connectivity index (χ1v) is 6.92. The molecule has 0 unspecified atom stereocenters. The van der Waals surface area contributed by atoms with E-state index in [1.54, 1.807) is 6.07 Å². The van der Waals surface area contributed by atoms with Crippen LogP contribution in [0.5, 0.6) is 5.75 Å². The summed E-state index contributed by atoms with van der Waals surface area (Å²) >= 11 is 0. The number of hydrogen-bond acceptors (Lipinski definition) is 5. The molecule has 0 radical (unpaired) electrons. The van der Waals surface area contributed by atoms with E-state index >= 15 is 0 Å². The fourth-order valence-electron chi connectivity index (χ4n) is 1.97. The van der Waals surface area contributed by atoms with Gasteiger partial charge in [0.05, 0.1) is 4.92 Å². The zero-order valence-corrected chi connectivity index (χ0v) is 12.5. The first kappa shape index (κ1) is 16.7. The van der Waals surface area contributed by atoms with Crippen molar-refractivity contribution >= 4 is 17.7 Å². The molecule has 0 aliphatic rings. The van der Waals surface area contributed by atoms with Crippen LogP contribution in [0.2, 0.25) is 0 Å². The topological polar surface area (TPSA) is 116 Å². The second-order valence-electron chi connectivity index (χ2n) is 4.84. The average Bonchev–Trinajstić information content (AvgIpc) is 2.59. The molecule has 0 bridgehead atoms. The summed E-state index contributed by atoms with van der Waals surface area (Å²) in [7, 11) is 0. The molecule has 0 saturated heterocycles. The number of carbonyl (C=O) groups excluding carboxylic acids is 1. The van der Waals surface area contributed by atoms with E-state index in [1.807, 2.05) is 30.3 Å². The van der Waals surface area contributed by atoms with Crippen LogP contribution in [0.15, 0.2) is 54.1 Å². The van der Waals surface area contributed by atoms with Crippen molar-refractivity contribution in [1.29, 1.82) is 5.26 Å². The standard InChI is InChI=1S/C17H13N3O4/c18-10-14(17(22)19-11-12-4-2-1-3-5-12)8-13-6-7-16(21)15(9-13)20(23)24/h1-9,21H,11H2,(H,19,22)/b14-8+. The van der Waals surface area contributed by atoms with Crippen LogP contribution >= 0.6 is 0 Å². The first-order valence-electron chi connectivity index (χ1n) is 6.92. The van der Waals surface area contributed by atoms with Gasteiger partial charge in [-0.05, 0) is 23.3 Å². The Hall–Kier alpha value is -3.66. The third-order valence-electron chi connectivity index (χ3n) is 3.17. The lowest BCUT2D eigenvalue weighted by Crippen LogP contribution is -2.23. The van der Waals surface area contributed by atoms with E-state index in [-0.39, 0.29) is 17.7 Å². The number of hydrogen-bond donors (Lipinski definition) is 2. The minimum atomic E-state index is -0.742. The van der Waals surface area contributed by atoms with Gasteiger partial charge in [0, 0.05) is 12.6 Å². The van der Waals surface area contributed by atoms with Gasteiger partial charge in [-0.25, -0.2) is 0 Å². The molecule has 0 atom stereocenters. The van der Waals surface area contributed by atoms with Crippen LogP contribution in [0, 0.1) is 21.4 Å². The number of nitro groups is 1. The summed E-state index contributed by atoms with van der Waals surface area (Å²) in [5, 5.41) is 31.9. The number of phenolic OH excluding ortho intramolecular Hbond substituents is 1. The summed E-state index contributed by atoms with van der Waals surface area (Å²) in [5.41, 5.74) is 0.464. The molecule has 0 saturated carbocycles. The lowest BCUT2D eigenvalue weighted by molar-refractivity contribution is -0.385. The molecule has 2 aromatic rings. The summed E-state index contributed by atoms with van der Waals surface area (Å²) in [6, 6.07) is 14.6. The maximum atomic E-state index is 12.1. The quantitative estimate of drug-likeness (QED) is 0.379. The van der Waals surface area contributed by atoms with Crippen molar-refractivity contribution in [3.05, 3.63) is 75.3 Å². The van der Waals surface area contributed by atoms with Gasteiger partial charge in [-0.1, -0.05) is 36.4 Å². The van der Waals surface area contributed by atoms with Crippen LogP contribution in [0.25, 0.3) is 6.08 Å². The Balaban J connectivity index is 2.17. The van der Waals surface area contributed by atoms with E-state index in [1.165, 1.54) is 12.1 Å². The number of amides is 1. The molecule has 2 N–H and O–H groups in total. The number of benzene rings is 2. The minimum Gasteiger partial charge on any atom is -0.502 e. The maximum Gasteiger partial charge on any atom is 0.311 e. The number of nitriles is 1. The molecule has 1 amide bonds. The third-order valence-corrected chi connectivity index (χ3v) is 3.17. The zero-order chi connectivity index (χ0) is 17.5. The van der Waals surface area contributed by atoms with E-state index in [0.29, 0.717) is 0 Å². The highest BCUT2D eigenvalue weighted by molar-refractivity contribution is 6.01. The van der Waals surface area contributed by atoms with Crippen molar-refractivity contribution < 1.29 is 14.8 Å². The molecule has 0 fully saturated rings. The summed E-state index contributed by atoms with van der Waals surface area (Å²) in [4.78, 5) is 22.1. The number of aromatic hydroxyl groups is 1. The summed E-state index contributed by atoms with van der Waals surface area (Å²) in [6.45, 7) is 0.258. The molecule has 2 rings (SSSR count). The average molecular weight is 323 g/mol. The minimum absolute atomic E-state index is 0.189. The lowest BCUT2D eigenvalue weighted by Gasteiger charge is -2.04. The van der Waals surface area contributed by atoms with Gasteiger partial charge in [-0.15, -0.1) is 0 Å². The molecule has 24 heavy (non-hydrogen) atoms. The molecular weight excluding hydrogens is 310 g/mol. The Morgan fingerprint density at radius 1 is 1.29 bits per heavy atom. The predicted molar refractivity (Wildman–Crippen MR) is 86.6 cm³/mol. The van der Waals surface area contributed by atoms with Crippen molar-refractivity contribution in [1.82, 2.24) is 5.32 Å². The van der Waals surface area contributed by atoms with Crippen molar-refractivity contribution in [2.45, 2.75) is 6.54 Å². The molecular formula is C17H13N3O4. The smallest absolute Gasteiger partial charge is 0.311 e. The third kappa shape index (κ3) is 4.18. The molecule has 0 heterocycles. The van der Waals surface area contributed by atoms with Crippen molar-refractivity contribution in [2.24, 2.45) is 0 Å². The Kier molecular flexibility index (Phi) is 5.26.